The Labute approximate surface area is 105 Å². The molecule has 0 aliphatic carbocycles. The third-order valence-corrected chi connectivity index (χ3v) is 3.58. The van der Waals surface area contributed by atoms with Crippen molar-refractivity contribution in [3.05, 3.63) is 9.26 Å². The van der Waals surface area contributed by atoms with E-state index in [9.17, 15) is 0 Å². The van der Waals surface area contributed by atoms with E-state index in [1.165, 1.54) is 0 Å². The third-order valence-electron chi connectivity index (χ3n) is 2.29. The van der Waals surface area contributed by atoms with Crippen molar-refractivity contribution in [2.24, 2.45) is 0 Å². The lowest BCUT2D eigenvalue weighted by Crippen LogP contribution is -2.25. The van der Waals surface area contributed by atoms with Gasteiger partial charge in [-0.3, -0.25) is 0 Å². The maximum atomic E-state index is 4.49. The van der Waals surface area contributed by atoms with Gasteiger partial charge in [-0.1, -0.05) is 0 Å². The molecule has 15 heavy (non-hydrogen) atoms. The zero-order valence-corrected chi connectivity index (χ0v) is 11.8. The molecule has 1 rings (SSSR count). The van der Waals surface area contributed by atoms with Gasteiger partial charge >= 0.3 is 0 Å². The van der Waals surface area contributed by atoms with Crippen molar-refractivity contribution >= 4 is 34.4 Å². The van der Waals surface area contributed by atoms with Crippen LogP contribution in [0.2, 0.25) is 0 Å². The molecule has 0 saturated carbocycles. The molecule has 0 spiro atoms. The molecular weight excluding hydrogens is 303 g/mol. The molecule has 0 atom stereocenters. The Morgan fingerprint density at radius 2 is 1.87 bits per heavy atom. The number of rotatable bonds is 4. The molecule has 84 valence electrons. The Bertz CT molecular complexity index is 336. The third kappa shape index (κ3) is 2.70. The van der Waals surface area contributed by atoms with E-state index in [1.54, 1.807) is 0 Å². The van der Waals surface area contributed by atoms with E-state index in [-0.39, 0.29) is 0 Å². The van der Waals surface area contributed by atoms with Gasteiger partial charge in [0.2, 0.25) is 5.95 Å². The topological polar surface area (TPSA) is 41.1 Å². The first-order chi connectivity index (χ1) is 7.13. The molecule has 4 nitrogen and oxygen atoms in total. The summed E-state index contributed by atoms with van der Waals surface area (Å²) in [6.07, 6.45) is 0. The fourth-order valence-electron chi connectivity index (χ4n) is 1.36. The summed E-state index contributed by atoms with van der Waals surface area (Å²) in [6.45, 7) is 8.09. The Kier molecular flexibility index (Phi) is 4.56. The maximum absolute atomic E-state index is 4.49. The van der Waals surface area contributed by atoms with Crippen LogP contribution >= 0.6 is 22.6 Å². The highest BCUT2D eigenvalue weighted by Crippen LogP contribution is 2.21. The highest BCUT2D eigenvalue weighted by molar-refractivity contribution is 14.1. The van der Waals surface area contributed by atoms with Crippen molar-refractivity contribution in [2.45, 2.75) is 20.8 Å². The minimum atomic E-state index is 0.808. The second-order valence-corrected chi connectivity index (χ2v) is 4.27. The molecule has 0 fully saturated rings. The van der Waals surface area contributed by atoms with E-state index in [2.05, 4.69) is 56.6 Å². The first kappa shape index (κ1) is 12.5. The predicted octanol–water partition coefficient (Wildman–Crippen LogP) is 2.28. The van der Waals surface area contributed by atoms with Crippen LogP contribution in [-0.4, -0.2) is 30.1 Å². The van der Waals surface area contributed by atoms with Crippen LogP contribution in [0.3, 0.4) is 0 Å². The van der Waals surface area contributed by atoms with Crippen LogP contribution in [0, 0.1) is 10.5 Å². The second-order valence-electron chi connectivity index (χ2n) is 3.19. The lowest BCUT2D eigenvalue weighted by molar-refractivity contribution is 0.815. The summed E-state index contributed by atoms with van der Waals surface area (Å²) in [5.41, 5.74) is 1.02. The number of aromatic nitrogens is 2. The summed E-state index contributed by atoms with van der Waals surface area (Å²) in [6, 6.07) is 0. The van der Waals surface area contributed by atoms with Crippen LogP contribution in [0.15, 0.2) is 0 Å². The van der Waals surface area contributed by atoms with Gasteiger partial charge in [0, 0.05) is 20.1 Å². The van der Waals surface area contributed by atoms with Crippen molar-refractivity contribution < 1.29 is 0 Å². The number of hydrogen-bond acceptors (Lipinski definition) is 4. The number of halogens is 1. The first-order valence-corrected chi connectivity index (χ1v) is 6.18. The van der Waals surface area contributed by atoms with Gasteiger partial charge in [-0.15, -0.1) is 0 Å². The van der Waals surface area contributed by atoms with Crippen molar-refractivity contribution in [3.63, 3.8) is 0 Å². The molecule has 0 aromatic carbocycles. The van der Waals surface area contributed by atoms with E-state index < -0.39 is 0 Å². The van der Waals surface area contributed by atoms with E-state index in [0.29, 0.717) is 0 Å². The van der Waals surface area contributed by atoms with Gasteiger partial charge in [-0.25, -0.2) is 4.98 Å². The quantitative estimate of drug-likeness (QED) is 0.864. The Balaban J connectivity index is 3.15. The van der Waals surface area contributed by atoms with E-state index in [1.807, 2.05) is 14.0 Å². The van der Waals surface area contributed by atoms with Gasteiger partial charge < -0.3 is 10.2 Å². The minimum absolute atomic E-state index is 0.808. The van der Waals surface area contributed by atoms with Gasteiger partial charge in [0.15, 0.2) is 0 Å². The normalized spacial score (nSPS) is 10.2. The number of nitrogens with one attached hydrogen (secondary N) is 1. The number of aryl methyl sites for hydroxylation is 1. The molecule has 0 aliphatic heterocycles. The smallest absolute Gasteiger partial charge is 0.227 e. The van der Waals surface area contributed by atoms with Gasteiger partial charge in [0.1, 0.15) is 5.82 Å². The Morgan fingerprint density at radius 3 is 2.33 bits per heavy atom. The lowest BCUT2D eigenvalue weighted by atomic mass is 10.4. The summed E-state index contributed by atoms with van der Waals surface area (Å²) in [7, 11) is 1.88. The highest BCUT2D eigenvalue weighted by Gasteiger charge is 2.11. The van der Waals surface area contributed by atoms with Gasteiger partial charge in [0.25, 0.3) is 0 Å². The highest BCUT2D eigenvalue weighted by atomic mass is 127. The summed E-state index contributed by atoms with van der Waals surface area (Å²) >= 11 is 2.26. The molecule has 0 bridgehead atoms. The molecule has 0 saturated heterocycles. The summed E-state index contributed by atoms with van der Waals surface area (Å²) in [4.78, 5) is 11.1. The number of nitrogens with zero attached hydrogens (tertiary/aromatic N) is 3. The molecular formula is C10H17IN4. The largest absolute Gasteiger partial charge is 0.372 e. The van der Waals surface area contributed by atoms with Crippen molar-refractivity contribution in [1.82, 2.24) is 9.97 Å². The summed E-state index contributed by atoms with van der Waals surface area (Å²) in [5.74, 6) is 1.72. The Morgan fingerprint density at radius 1 is 1.27 bits per heavy atom. The molecule has 0 aliphatic rings. The van der Waals surface area contributed by atoms with Crippen molar-refractivity contribution in [1.29, 1.82) is 0 Å². The van der Waals surface area contributed by atoms with E-state index >= 15 is 0 Å². The minimum Gasteiger partial charge on any atom is -0.372 e. The maximum Gasteiger partial charge on any atom is 0.227 e. The lowest BCUT2D eigenvalue weighted by Gasteiger charge is -2.20. The van der Waals surface area contributed by atoms with Crippen LogP contribution in [-0.2, 0) is 0 Å². The fraction of sp³-hybridized carbons (Fsp3) is 0.600. The van der Waals surface area contributed by atoms with Gasteiger partial charge in [-0.05, 0) is 43.4 Å². The SMILES string of the molecule is CCN(CC)c1nc(C)c(I)c(NC)n1. The molecule has 1 heterocycles. The molecule has 5 heteroatoms. The molecule has 1 aromatic rings. The predicted molar refractivity (Wildman–Crippen MR) is 72.6 cm³/mol. The van der Waals surface area contributed by atoms with E-state index in [4.69, 9.17) is 0 Å². The molecule has 1 aromatic heterocycles. The molecule has 1 N–H and O–H groups in total. The second kappa shape index (κ2) is 5.48. The first-order valence-electron chi connectivity index (χ1n) is 5.10. The average Bonchev–Trinajstić information content (AvgIpc) is 2.24. The Hall–Kier alpha value is -0.590. The monoisotopic (exact) mass is 320 g/mol. The van der Waals surface area contributed by atoms with Crippen LogP contribution in [0.5, 0.6) is 0 Å². The van der Waals surface area contributed by atoms with Crippen LogP contribution in [0.4, 0.5) is 11.8 Å². The fourth-order valence-corrected chi connectivity index (χ4v) is 1.87. The standard InChI is InChI=1S/C10H17IN4/c1-5-15(6-2)10-13-7(3)8(11)9(12-4)14-10/h5-6H2,1-4H3,(H,12,13,14). The van der Waals surface area contributed by atoms with Gasteiger partial charge in [-0.2, -0.15) is 4.98 Å². The van der Waals surface area contributed by atoms with Crippen LogP contribution in [0.1, 0.15) is 19.5 Å². The zero-order chi connectivity index (χ0) is 11.4. The van der Waals surface area contributed by atoms with Crippen molar-refractivity contribution in [3.8, 4) is 0 Å². The van der Waals surface area contributed by atoms with Crippen molar-refractivity contribution in [2.75, 3.05) is 30.4 Å². The summed E-state index contributed by atoms with van der Waals surface area (Å²) < 4.78 is 1.09. The zero-order valence-electron chi connectivity index (χ0n) is 9.63. The average molecular weight is 320 g/mol. The number of anilines is 2. The summed E-state index contributed by atoms with van der Waals surface area (Å²) in [5, 5.41) is 3.09. The number of hydrogen-bond donors (Lipinski definition) is 1. The molecule has 0 unspecified atom stereocenters. The molecule has 0 amide bonds. The van der Waals surface area contributed by atoms with Crippen LogP contribution in [0.25, 0.3) is 0 Å². The van der Waals surface area contributed by atoms with Crippen LogP contribution < -0.4 is 10.2 Å². The molecule has 0 radical (unpaired) electrons. The van der Waals surface area contributed by atoms with E-state index in [0.717, 1.165) is 34.1 Å². The van der Waals surface area contributed by atoms with Gasteiger partial charge in [0.05, 0.1) is 9.26 Å².